The van der Waals surface area contributed by atoms with Crippen LogP contribution in [0.1, 0.15) is 46.5 Å². The summed E-state index contributed by atoms with van der Waals surface area (Å²) in [6.45, 7) is 6.91. The van der Waals surface area contributed by atoms with E-state index in [2.05, 4.69) is 26.8 Å². The predicted octanol–water partition coefficient (Wildman–Crippen LogP) is 3.78. The Morgan fingerprint density at radius 1 is 1.36 bits per heavy atom. The third-order valence-electron chi connectivity index (χ3n) is 2.53. The molecule has 0 N–H and O–H groups in total. The maximum Gasteiger partial charge on any atom is -0.0232 e. The number of rotatable bonds is 1. The van der Waals surface area contributed by atoms with Gasteiger partial charge in [0.25, 0.3) is 0 Å². The second kappa shape index (κ2) is 3.94. The van der Waals surface area contributed by atoms with Crippen LogP contribution in [-0.2, 0) is 0 Å². The normalized spacial score (nSPS) is 29.8. The van der Waals surface area contributed by atoms with Crippen molar-refractivity contribution in [2.75, 3.05) is 0 Å². The van der Waals surface area contributed by atoms with Gasteiger partial charge in [0.1, 0.15) is 0 Å². The summed E-state index contributed by atoms with van der Waals surface area (Å²) in [7, 11) is 0. The van der Waals surface area contributed by atoms with Gasteiger partial charge in [-0.1, -0.05) is 38.8 Å². The minimum atomic E-state index is 0.741. The highest BCUT2D eigenvalue weighted by molar-refractivity contribution is 5.08. The van der Waals surface area contributed by atoms with Crippen LogP contribution < -0.4 is 0 Å². The molecule has 11 heavy (non-hydrogen) atoms. The van der Waals surface area contributed by atoms with Gasteiger partial charge in [0.15, 0.2) is 0 Å². The molecule has 0 amide bonds. The Morgan fingerprint density at radius 3 is 2.64 bits per heavy atom. The van der Waals surface area contributed by atoms with E-state index >= 15 is 0 Å². The van der Waals surface area contributed by atoms with Gasteiger partial charge in [0.05, 0.1) is 0 Å². The van der Waals surface area contributed by atoms with Crippen LogP contribution in [0.4, 0.5) is 0 Å². The molecule has 0 aromatic heterocycles. The second-order valence-corrected chi connectivity index (χ2v) is 4.13. The minimum absolute atomic E-state index is 0.741. The summed E-state index contributed by atoms with van der Waals surface area (Å²) in [5, 5.41) is 0. The molecular formula is C11H20. The van der Waals surface area contributed by atoms with Crippen molar-refractivity contribution in [1.82, 2.24) is 0 Å². The predicted molar refractivity (Wildman–Crippen MR) is 50.6 cm³/mol. The molecule has 1 fully saturated rings. The van der Waals surface area contributed by atoms with E-state index in [1.165, 1.54) is 25.7 Å². The average Bonchev–Trinajstić information content (AvgIpc) is 1.93. The fourth-order valence-corrected chi connectivity index (χ4v) is 1.89. The fourth-order valence-electron chi connectivity index (χ4n) is 1.89. The van der Waals surface area contributed by atoms with Crippen LogP contribution in [0.3, 0.4) is 0 Å². The van der Waals surface area contributed by atoms with Gasteiger partial charge in [-0.05, 0) is 31.1 Å². The van der Waals surface area contributed by atoms with E-state index in [-0.39, 0.29) is 0 Å². The molecule has 1 saturated carbocycles. The lowest BCUT2D eigenvalue weighted by Crippen LogP contribution is -2.06. The highest BCUT2D eigenvalue weighted by Crippen LogP contribution is 2.29. The van der Waals surface area contributed by atoms with Gasteiger partial charge < -0.3 is 0 Å². The molecule has 0 bridgehead atoms. The van der Waals surface area contributed by atoms with Crippen molar-refractivity contribution in [3.05, 3.63) is 11.6 Å². The van der Waals surface area contributed by atoms with Gasteiger partial charge in [-0.25, -0.2) is 0 Å². The highest BCUT2D eigenvalue weighted by Gasteiger charge is 2.13. The Balaban J connectivity index is 2.53. The molecule has 1 aliphatic carbocycles. The van der Waals surface area contributed by atoms with Crippen LogP contribution >= 0.6 is 0 Å². The Morgan fingerprint density at radius 2 is 2.09 bits per heavy atom. The number of allylic oxidation sites excluding steroid dienone is 2. The van der Waals surface area contributed by atoms with Crippen LogP contribution in [-0.4, -0.2) is 0 Å². The fraction of sp³-hybridized carbons (Fsp3) is 0.818. The summed E-state index contributed by atoms with van der Waals surface area (Å²) < 4.78 is 0. The second-order valence-electron chi connectivity index (χ2n) is 4.13. The van der Waals surface area contributed by atoms with Crippen LogP contribution in [0, 0.1) is 11.8 Å². The Hall–Kier alpha value is -0.260. The van der Waals surface area contributed by atoms with Crippen molar-refractivity contribution < 1.29 is 0 Å². The third kappa shape index (κ3) is 2.69. The van der Waals surface area contributed by atoms with Crippen molar-refractivity contribution in [1.29, 1.82) is 0 Å². The summed E-state index contributed by atoms with van der Waals surface area (Å²) in [5.41, 5.74) is 1.71. The summed E-state index contributed by atoms with van der Waals surface area (Å²) in [4.78, 5) is 0. The SMILES string of the molecule is CC(C)/C=C1\CCCCC1C. The maximum absolute atomic E-state index is 2.46. The zero-order chi connectivity index (χ0) is 8.27. The molecule has 0 spiro atoms. The van der Waals surface area contributed by atoms with Crippen LogP contribution in [0.15, 0.2) is 11.6 Å². The van der Waals surface area contributed by atoms with Gasteiger partial charge in [0.2, 0.25) is 0 Å². The van der Waals surface area contributed by atoms with Crippen molar-refractivity contribution in [3.8, 4) is 0 Å². The van der Waals surface area contributed by atoms with Gasteiger partial charge in [-0.3, -0.25) is 0 Å². The van der Waals surface area contributed by atoms with Crippen LogP contribution in [0.2, 0.25) is 0 Å². The first-order valence-corrected chi connectivity index (χ1v) is 4.90. The van der Waals surface area contributed by atoms with Gasteiger partial charge in [0, 0.05) is 0 Å². The van der Waals surface area contributed by atoms with Crippen molar-refractivity contribution in [2.24, 2.45) is 11.8 Å². The molecule has 0 aromatic rings. The van der Waals surface area contributed by atoms with Crippen molar-refractivity contribution in [3.63, 3.8) is 0 Å². The third-order valence-corrected chi connectivity index (χ3v) is 2.53. The van der Waals surface area contributed by atoms with Crippen LogP contribution in [0.25, 0.3) is 0 Å². The summed E-state index contributed by atoms with van der Waals surface area (Å²) >= 11 is 0. The lowest BCUT2D eigenvalue weighted by molar-refractivity contribution is 0.478. The first kappa shape index (κ1) is 8.83. The molecule has 0 heteroatoms. The van der Waals surface area contributed by atoms with Crippen LogP contribution in [0.5, 0.6) is 0 Å². The summed E-state index contributed by atoms with van der Waals surface area (Å²) in [5.74, 6) is 1.61. The van der Waals surface area contributed by atoms with Crippen molar-refractivity contribution in [2.45, 2.75) is 46.5 Å². The molecule has 1 unspecified atom stereocenters. The molecule has 1 rings (SSSR count). The maximum atomic E-state index is 2.46. The summed E-state index contributed by atoms with van der Waals surface area (Å²) in [6, 6.07) is 0. The number of hydrogen-bond acceptors (Lipinski definition) is 0. The molecule has 1 aliphatic rings. The molecular weight excluding hydrogens is 132 g/mol. The first-order valence-electron chi connectivity index (χ1n) is 4.90. The van der Waals surface area contributed by atoms with E-state index in [0.717, 1.165) is 11.8 Å². The Bertz CT molecular complexity index is 142. The highest BCUT2D eigenvalue weighted by atomic mass is 14.2. The molecule has 0 aromatic carbocycles. The first-order chi connectivity index (χ1) is 5.20. The van der Waals surface area contributed by atoms with E-state index < -0.39 is 0 Å². The summed E-state index contributed by atoms with van der Waals surface area (Å²) in [6.07, 6.45) is 8.10. The molecule has 64 valence electrons. The molecule has 1 atom stereocenters. The van der Waals surface area contributed by atoms with E-state index in [1.54, 1.807) is 5.57 Å². The zero-order valence-corrected chi connectivity index (χ0v) is 8.06. The molecule has 0 radical (unpaired) electrons. The number of hydrogen-bond donors (Lipinski definition) is 0. The smallest absolute Gasteiger partial charge is 0.0232 e. The van der Waals surface area contributed by atoms with E-state index in [1.807, 2.05) is 0 Å². The molecule has 0 nitrogen and oxygen atoms in total. The van der Waals surface area contributed by atoms with Gasteiger partial charge in [-0.2, -0.15) is 0 Å². The minimum Gasteiger partial charge on any atom is -0.0825 e. The molecule has 0 aliphatic heterocycles. The van der Waals surface area contributed by atoms with E-state index in [0.29, 0.717) is 0 Å². The van der Waals surface area contributed by atoms with Gasteiger partial charge in [-0.15, -0.1) is 0 Å². The standard InChI is InChI=1S/C11H20/c1-9(2)8-11-7-5-4-6-10(11)3/h8-10H,4-7H2,1-3H3/b11-8+. The topological polar surface area (TPSA) is 0 Å². The van der Waals surface area contributed by atoms with E-state index in [4.69, 9.17) is 0 Å². The van der Waals surface area contributed by atoms with E-state index in [9.17, 15) is 0 Å². The largest absolute Gasteiger partial charge is 0.0825 e. The average molecular weight is 152 g/mol. The zero-order valence-electron chi connectivity index (χ0n) is 8.06. The van der Waals surface area contributed by atoms with Crippen molar-refractivity contribution >= 4 is 0 Å². The molecule has 0 saturated heterocycles. The Labute approximate surface area is 70.7 Å². The Kier molecular flexibility index (Phi) is 3.16. The lowest BCUT2D eigenvalue weighted by atomic mass is 9.84. The quantitative estimate of drug-likeness (QED) is 0.502. The lowest BCUT2D eigenvalue weighted by Gasteiger charge is -2.22. The molecule has 0 heterocycles. The monoisotopic (exact) mass is 152 g/mol. The van der Waals surface area contributed by atoms with Gasteiger partial charge >= 0.3 is 0 Å².